The molecule has 0 bridgehead atoms. The second-order valence-electron chi connectivity index (χ2n) is 4.10. The summed E-state index contributed by atoms with van der Waals surface area (Å²) in [5, 5.41) is 0. The van der Waals surface area contributed by atoms with Crippen molar-refractivity contribution in [1.29, 1.82) is 0 Å². The molecule has 1 rings (SSSR count). The Kier molecular flexibility index (Phi) is 4.42. The molecule has 0 N–H and O–H groups in total. The Balaban J connectivity index is 2.89. The number of carbonyl (C=O) groups is 1. The van der Waals surface area contributed by atoms with Crippen LogP contribution >= 0.6 is 0 Å². The second kappa shape index (κ2) is 5.39. The zero-order valence-corrected chi connectivity index (χ0v) is 9.99. The van der Waals surface area contributed by atoms with E-state index in [-0.39, 0.29) is 6.10 Å². The highest BCUT2D eigenvalue weighted by Crippen LogP contribution is 2.33. The van der Waals surface area contributed by atoms with Gasteiger partial charge in [-0.05, 0) is 19.8 Å². The van der Waals surface area contributed by atoms with Crippen LogP contribution in [-0.4, -0.2) is 30.2 Å². The number of carbonyl (C=O) groups excluding carboxylic acids is 2. The van der Waals surface area contributed by atoms with Gasteiger partial charge in [0, 0.05) is 5.57 Å². The summed E-state index contributed by atoms with van der Waals surface area (Å²) in [5.41, 5.74) is 0.532. The molecule has 90 valence electrons. The predicted molar refractivity (Wildman–Crippen MR) is 58.6 cm³/mol. The highest BCUT2D eigenvalue weighted by atomic mass is 16.8. The lowest BCUT2D eigenvalue weighted by Crippen LogP contribution is -2.28. The molecule has 1 fully saturated rings. The molecule has 0 amide bonds. The highest BCUT2D eigenvalue weighted by Gasteiger charge is 2.45. The minimum absolute atomic E-state index is 0.225. The first-order valence-corrected chi connectivity index (χ1v) is 5.66. The van der Waals surface area contributed by atoms with Crippen LogP contribution in [0.3, 0.4) is 0 Å². The number of aldehydes is 1. The van der Waals surface area contributed by atoms with Gasteiger partial charge in [0.25, 0.3) is 0 Å². The molecule has 1 aliphatic rings. The minimum atomic E-state index is -1.22. The Labute approximate surface area is 95.6 Å². The third kappa shape index (κ3) is 2.59. The fraction of sp³-hybridized carbons (Fsp3) is 0.750. The van der Waals surface area contributed by atoms with E-state index in [9.17, 15) is 9.59 Å². The van der Waals surface area contributed by atoms with Crippen LogP contribution in [0, 0.1) is 0 Å². The first kappa shape index (κ1) is 13.1. The molecule has 0 radical (unpaired) electrons. The summed E-state index contributed by atoms with van der Waals surface area (Å²) in [5.74, 6) is 0.669. The van der Waals surface area contributed by atoms with Crippen molar-refractivity contribution in [2.24, 2.45) is 0 Å². The SMILES string of the molecule is CCCC1OC(C)(C=O)OC1C(=C=O)CC. The minimum Gasteiger partial charge on any atom is -0.338 e. The number of rotatable bonds is 5. The van der Waals surface area contributed by atoms with E-state index in [2.05, 4.69) is 0 Å². The summed E-state index contributed by atoms with van der Waals surface area (Å²) >= 11 is 0. The van der Waals surface area contributed by atoms with E-state index in [1.165, 1.54) is 0 Å². The summed E-state index contributed by atoms with van der Waals surface area (Å²) < 4.78 is 11.1. The largest absolute Gasteiger partial charge is 0.338 e. The Hall–Kier alpha value is -0.960. The molecule has 16 heavy (non-hydrogen) atoms. The van der Waals surface area contributed by atoms with Crippen molar-refractivity contribution in [3.05, 3.63) is 5.57 Å². The lowest BCUT2D eigenvalue weighted by Gasteiger charge is -2.15. The van der Waals surface area contributed by atoms with Gasteiger partial charge in [0.15, 0.2) is 6.29 Å². The normalized spacial score (nSPS) is 33.4. The van der Waals surface area contributed by atoms with Crippen molar-refractivity contribution in [2.45, 2.75) is 58.0 Å². The van der Waals surface area contributed by atoms with Crippen molar-refractivity contribution in [1.82, 2.24) is 0 Å². The van der Waals surface area contributed by atoms with Crippen LogP contribution in [0.2, 0.25) is 0 Å². The Morgan fingerprint density at radius 1 is 1.44 bits per heavy atom. The van der Waals surface area contributed by atoms with Gasteiger partial charge in [-0.3, -0.25) is 4.79 Å². The molecule has 0 aromatic rings. The Bertz CT molecular complexity index is 306. The van der Waals surface area contributed by atoms with Crippen LogP contribution in [0.25, 0.3) is 0 Å². The number of hydrogen-bond acceptors (Lipinski definition) is 4. The van der Waals surface area contributed by atoms with Crippen molar-refractivity contribution >= 4 is 12.2 Å². The highest BCUT2D eigenvalue weighted by molar-refractivity contribution is 5.61. The molecule has 0 spiro atoms. The van der Waals surface area contributed by atoms with E-state index >= 15 is 0 Å². The topological polar surface area (TPSA) is 52.6 Å². The molecule has 1 saturated heterocycles. The molecule has 0 aliphatic carbocycles. The molecule has 1 heterocycles. The van der Waals surface area contributed by atoms with E-state index in [0.717, 1.165) is 12.8 Å². The van der Waals surface area contributed by atoms with Crippen molar-refractivity contribution < 1.29 is 19.1 Å². The molecule has 0 aromatic heterocycles. The smallest absolute Gasteiger partial charge is 0.223 e. The zero-order valence-electron chi connectivity index (χ0n) is 9.99. The van der Waals surface area contributed by atoms with Gasteiger partial charge >= 0.3 is 0 Å². The van der Waals surface area contributed by atoms with Crippen molar-refractivity contribution in [2.75, 3.05) is 0 Å². The van der Waals surface area contributed by atoms with Gasteiger partial charge in [0.05, 0.1) is 6.10 Å². The first-order chi connectivity index (χ1) is 7.60. The number of ether oxygens (including phenoxy) is 2. The van der Waals surface area contributed by atoms with E-state index in [0.29, 0.717) is 18.3 Å². The fourth-order valence-electron chi connectivity index (χ4n) is 1.90. The second-order valence-corrected chi connectivity index (χ2v) is 4.10. The van der Waals surface area contributed by atoms with Gasteiger partial charge in [0.1, 0.15) is 12.0 Å². The fourth-order valence-corrected chi connectivity index (χ4v) is 1.90. The molecule has 0 saturated carbocycles. The summed E-state index contributed by atoms with van der Waals surface area (Å²) in [7, 11) is 0. The molecule has 3 unspecified atom stereocenters. The van der Waals surface area contributed by atoms with Crippen LogP contribution in [0.15, 0.2) is 5.57 Å². The van der Waals surface area contributed by atoms with Gasteiger partial charge in [-0.1, -0.05) is 20.3 Å². The van der Waals surface area contributed by atoms with Crippen LogP contribution < -0.4 is 0 Å². The zero-order chi connectivity index (χ0) is 12.2. The van der Waals surface area contributed by atoms with E-state index in [4.69, 9.17) is 9.47 Å². The third-order valence-electron chi connectivity index (χ3n) is 2.73. The van der Waals surface area contributed by atoms with Gasteiger partial charge in [0.2, 0.25) is 5.79 Å². The van der Waals surface area contributed by atoms with Crippen LogP contribution in [0.5, 0.6) is 0 Å². The monoisotopic (exact) mass is 226 g/mol. The maximum Gasteiger partial charge on any atom is 0.223 e. The van der Waals surface area contributed by atoms with Crippen LogP contribution in [-0.2, 0) is 19.1 Å². The summed E-state index contributed by atoms with van der Waals surface area (Å²) in [6, 6.07) is 0. The molecule has 1 aliphatic heterocycles. The molecule has 4 nitrogen and oxygen atoms in total. The molecule has 0 aromatic carbocycles. The van der Waals surface area contributed by atoms with Crippen molar-refractivity contribution in [3.8, 4) is 0 Å². The van der Waals surface area contributed by atoms with Gasteiger partial charge in [-0.25, -0.2) is 4.79 Å². The number of hydrogen-bond donors (Lipinski definition) is 0. The summed E-state index contributed by atoms with van der Waals surface area (Å²) in [6.45, 7) is 5.46. The van der Waals surface area contributed by atoms with Crippen LogP contribution in [0.1, 0.15) is 40.0 Å². The predicted octanol–water partition coefficient (Wildman–Crippen LogP) is 1.65. The van der Waals surface area contributed by atoms with Gasteiger partial charge < -0.3 is 9.47 Å². The van der Waals surface area contributed by atoms with Crippen LogP contribution in [0.4, 0.5) is 0 Å². The molecule has 3 atom stereocenters. The Morgan fingerprint density at radius 2 is 2.12 bits per heavy atom. The lowest BCUT2D eigenvalue weighted by atomic mass is 10.0. The molecular formula is C12H18O4. The van der Waals surface area contributed by atoms with Crippen molar-refractivity contribution in [3.63, 3.8) is 0 Å². The van der Waals surface area contributed by atoms with E-state index in [1.807, 2.05) is 19.8 Å². The summed E-state index contributed by atoms with van der Waals surface area (Å²) in [6.07, 6.45) is 2.21. The lowest BCUT2D eigenvalue weighted by molar-refractivity contribution is -0.167. The van der Waals surface area contributed by atoms with E-state index < -0.39 is 11.9 Å². The third-order valence-corrected chi connectivity index (χ3v) is 2.73. The first-order valence-electron chi connectivity index (χ1n) is 5.66. The standard InChI is InChI=1S/C12H18O4/c1-4-6-10-11(9(5-2)7-13)16-12(3,8-14)15-10/h8,10-11H,4-6H2,1-3H3. The van der Waals surface area contributed by atoms with Gasteiger partial charge in [-0.15, -0.1) is 0 Å². The molecule has 4 heteroatoms. The molecular weight excluding hydrogens is 208 g/mol. The Morgan fingerprint density at radius 3 is 2.56 bits per heavy atom. The average molecular weight is 226 g/mol. The van der Waals surface area contributed by atoms with Gasteiger partial charge in [-0.2, -0.15) is 0 Å². The maximum atomic E-state index is 10.9. The maximum absolute atomic E-state index is 10.9. The average Bonchev–Trinajstić information content (AvgIpc) is 2.60. The van der Waals surface area contributed by atoms with E-state index in [1.54, 1.807) is 6.92 Å². The quantitative estimate of drug-likeness (QED) is 0.528. The summed E-state index contributed by atoms with van der Waals surface area (Å²) in [4.78, 5) is 21.7.